The van der Waals surface area contributed by atoms with Gasteiger partial charge in [-0.1, -0.05) is 5.16 Å². The van der Waals surface area contributed by atoms with E-state index in [4.69, 9.17) is 4.52 Å². The molecule has 146 valence electrons. The van der Waals surface area contributed by atoms with Gasteiger partial charge in [0.1, 0.15) is 5.76 Å². The van der Waals surface area contributed by atoms with Gasteiger partial charge in [-0.05, 0) is 32.6 Å². The second-order valence-corrected chi connectivity index (χ2v) is 9.26. The molecule has 27 heavy (non-hydrogen) atoms. The predicted molar refractivity (Wildman–Crippen MR) is 95.5 cm³/mol. The molecule has 2 atom stereocenters. The van der Waals surface area contributed by atoms with E-state index in [-0.39, 0.29) is 28.7 Å². The Morgan fingerprint density at radius 3 is 2.74 bits per heavy atom. The van der Waals surface area contributed by atoms with Crippen LogP contribution in [0.3, 0.4) is 0 Å². The number of imidazole rings is 1. The van der Waals surface area contributed by atoms with Crippen LogP contribution in [0.4, 0.5) is 0 Å². The minimum Gasteiger partial charge on any atom is -0.360 e. The van der Waals surface area contributed by atoms with Crippen LogP contribution in [-0.4, -0.2) is 52.0 Å². The molecule has 1 aliphatic carbocycles. The lowest BCUT2D eigenvalue weighted by Gasteiger charge is -2.36. The molecule has 1 aliphatic heterocycles. The zero-order valence-corrected chi connectivity index (χ0v) is 16.1. The van der Waals surface area contributed by atoms with Crippen LogP contribution in [0.15, 0.2) is 28.1 Å². The molecular formula is C17H23N5O4S. The Morgan fingerprint density at radius 2 is 2.11 bits per heavy atom. The van der Waals surface area contributed by atoms with Crippen LogP contribution in [-0.2, 0) is 17.1 Å². The van der Waals surface area contributed by atoms with E-state index in [0.29, 0.717) is 25.3 Å². The zero-order chi connectivity index (χ0) is 19.2. The Bertz CT molecular complexity index is 946. The number of hydrogen-bond donors (Lipinski definition) is 1. The molecule has 4 rings (SSSR count). The molecule has 2 aromatic heterocycles. The van der Waals surface area contributed by atoms with E-state index in [2.05, 4.69) is 15.5 Å². The van der Waals surface area contributed by atoms with Crippen LogP contribution in [0.2, 0.25) is 0 Å². The highest BCUT2D eigenvalue weighted by molar-refractivity contribution is 7.89. The minimum atomic E-state index is -3.63. The summed E-state index contributed by atoms with van der Waals surface area (Å²) in [6.45, 7) is 2.18. The first-order chi connectivity index (χ1) is 12.8. The summed E-state index contributed by atoms with van der Waals surface area (Å²) in [7, 11) is -1.90. The van der Waals surface area contributed by atoms with Crippen molar-refractivity contribution in [2.45, 2.75) is 55.6 Å². The molecule has 1 N–H and O–H groups in total. The van der Waals surface area contributed by atoms with Crippen LogP contribution < -0.4 is 5.32 Å². The largest absolute Gasteiger partial charge is 0.360 e. The summed E-state index contributed by atoms with van der Waals surface area (Å²) >= 11 is 0. The fourth-order valence-electron chi connectivity index (χ4n) is 3.50. The van der Waals surface area contributed by atoms with Gasteiger partial charge in [0.05, 0.1) is 6.33 Å². The predicted octanol–water partition coefficient (Wildman–Crippen LogP) is 1.26. The molecule has 0 unspecified atom stereocenters. The summed E-state index contributed by atoms with van der Waals surface area (Å²) in [6, 6.07) is 1.36. The smallest absolute Gasteiger partial charge is 0.273 e. The molecule has 2 fully saturated rings. The zero-order valence-electron chi connectivity index (χ0n) is 15.3. The highest BCUT2D eigenvalue weighted by Gasteiger charge is 2.36. The molecule has 1 saturated carbocycles. The van der Waals surface area contributed by atoms with Crippen LogP contribution in [0.5, 0.6) is 0 Å². The van der Waals surface area contributed by atoms with Gasteiger partial charge in [-0.15, -0.1) is 0 Å². The van der Waals surface area contributed by atoms with Crippen molar-refractivity contribution in [1.82, 2.24) is 24.3 Å². The van der Waals surface area contributed by atoms with Gasteiger partial charge >= 0.3 is 0 Å². The lowest BCUT2D eigenvalue weighted by Crippen LogP contribution is -2.50. The van der Waals surface area contributed by atoms with Gasteiger partial charge in [-0.2, -0.15) is 4.31 Å². The van der Waals surface area contributed by atoms with Gasteiger partial charge in [-0.3, -0.25) is 4.79 Å². The van der Waals surface area contributed by atoms with Crippen LogP contribution in [0.25, 0.3) is 0 Å². The maximum Gasteiger partial charge on any atom is 0.273 e. The van der Waals surface area contributed by atoms with Gasteiger partial charge in [0, 0.05) is 43.9 Å². The average Bonchev–Trinajstić information content (AvgIpc) is 3.16. The van der Waals surface area contributed by atoms with E-state index in [1.54, 1.807) is 17.7 Å². The number of aryl methyl sites for hydroxylation is 1. The first-order valence-electron chi connectivity index (χ1n) is 9.12. The molecule has 0 bridgehead atoms. The summed E-state index contributed by atoms with van der Waals surface area (Å²) in [4.78, 5) is 16.4. The van der Waals surface area contributed by atoms with Crippen molar-refractivity contribution in [3.05, 3.63) is 30.0 Å². The topological polar surface area (TPSA) is 110 Å². The highest BCUT2D eigenvalue weighted by atomic mass is 32.2. The van der Waals surface area contributed by atoms with Crippen molar-refractivity contribution >= 4 is 15.9 Å². The SMILES string of the molecule is C[C@H]1C[C@H](NC(=O)c2cc(C3CC3)on2)CCN1S(=O)(=O)c1cn(C)cn1. The number of nitrogens with one attached hydrogen (secondary N) is 1. The lowest BCUT2D eigenvalue weighted by molar-refractivity contribution is 0.0905. The maximum absolute atomic E-state index is 12.8. The number of nitrogens with zero attached hydrogens (tertiary/aromatic N) is 4. The summed E-state index contributed by atoms with van der Waals surface area (Å²) in [5.41, 5.74) is 0.285. The monoisotopic (exact) mass is 393 g/mol. The Labute approximate surface area is 157 Å². The van der Waals surface area contributed by atoms with Gasteiger partial charge in [0.15, 0.2) is 10.7 Å². The summed E-state index contributed by atoms with van der Waals surface area (Å²) in [5.74, 6) is 0.896. The first-order valence-corrected chi connectivity index (χ1v) is 10.6. The van der Waals surface area contributed by atoms with Crippen molar-refractivity contribution in [1.29, 1.82) is 0 Å². The van der Waals surface area contributed by atoms with Crippen molar-refractivity contribution < 1.29 is 17.7 Å². The average molecular weight is 393 g/mol. The molecule has 10 heteroatoms. The lowest BCUT2D eigenvalue weighted by atomic mass is 10.0. The normalized spacial score (nSPS) is 24.1. The minimum absolute atomic E-state index is 0.0505. The molecule has 0 aromatic carbocycles. The molecule has 2 aliphatic rings. The third kappa shape index (κ3) is 3.63. The molecule has 9 nitrogen and oxygen atoms in total. The van der Waals surface area contributed by atoms with E-state index < -0.39 is 10.0 Å². The molecule has 0 radical (unpaired) electrons. The number of rotatable bonds is 5. The van der Waals surface area contributed by atoms with Crippen LogP contribution >= 0.6 is 0 Å². The van der Waals surface area contributed by atoms with Crippen molar-refractivity contribution in [2.24, 2.45) is 7.05 Å². The van der Waals surface area contributed by atoms with Gasteiger partial charge in [0.25, 0.3) is 15.9 Å². The van der Waals surface area contributed by atoms with E-state index in [9.17, 15) is 13.2 Å². The quantitative estimate of drug-likeness (QED) is 0.819. The van der Waals surface area contributed by atoms with Crippen LogP contribution in [0.1, 0.15) is 54.8 Å². The number of hydrogen-bond acceptors (Lipinski definition) is 6. The van der Waals surface area contributed by atoms with Crippen molar-refractivity contribution in [3.63, 3.8) is 0 Å². The molecule has 1 saturated heterocycles. The Morgan fingerprint density at radius 1 is 1.33 bits per heavy atom. The third-order valence-corrected chi connectivity index (χ3v) is 7.04. The number of sulfonamides is 1. The Hall–Kier alpha value is -2.20. The molecular weight excluding hydrogens is 370 g/mol. The van der Waals surface area contributed by atoms with E-state index in [0.717, 1.165) is 18.6 Å². The van der Waals surface area contributed by atoms with E-state index >= 15 is 0 Å². The molecule has 2 aromatic rings. The summed E-state index contributed by atoms with van der Waals surface area (Å²) in [5, 5.41) is 6.86. The van der Waals surface area contributed by atoms with E-state index in [1.807, 2.05) is 6.92 Å². The van der Waals surface area contributed by atoms with E-state index in [1.165, 1.54) is 16.8 Å². The second-order valence-electron chi connectivity index (χ2n) is 7.43. The first kappa shape index (κ1) is 18.2. The maximum atomic E-state index is 12.8. The fourth-order valence-corrected chi connectivity index (χ4v) is 5.12. The van der Waals surface area contributed by atoms with Gasteiger partial charge < -0.3 is 14.4 Å². The number of amides is 1. The molecule has 0 spiro atoms. The van der Waals surface area contributed by atoms with Gasteiger partial charge in [-0.25, -0.2) is 13.4 Å². The number of piperidine rings is 1. The molecule has 3 heterocycles. The standard InChI is InChI=1S/C17H23N5O4S/c1-11-7-13(19-17(23)14-8-15(26-20-14)12-3-4-12)5-6-22(11)27(24,25)16-9-21(2)10-18-16/h8-13H,3-7H2,1-2H3,(H,19,23)/t11-,13+/m0/s1. The third-order valence-electron chi connectivity index (χ3n) is 5.15. The Kier molecular flexibility index (Phi) is 4.55. The second kappa shape index (κ2) is 6.75. The summed E-state index contributed by atoms with van der Waals surface area (Å²) in [6.07, 6.45) is 6.20. The van der Waals surface area contributed by atoms with Crippen molar-refractivity contribution in [2.75, 3.05) is 6.54 Å². The fraction of sp³-hybridized carbons (Fsp3) is 0.588. The van der Waals surface area contributed by atoms with Gasteiger partial charge in [0.2, 0.25) is 0 Å². The summed E-state index contributed by atoms with van der Waals surface area (Å²) < 4.78 is 33.8. The molecule has 1 amide bonds. The number of carbonyl (C=O) groups is 1. The Balaban J connectivity index is 1.38. The number of carbonyl (C=O) groups excluding carboxylic acids is 1. The number of aromatic nitrogens is 3. The highest BCUT2D eigenvalue weighted by Crippen LogP contribution is 2.40. The van der Waals surface area contributed by atoms with Crippen LogP contribution in [0, 0.1) is 0 Å². The van der Waals surface area contributed by atoms with Crippen molar-refractivity contribution in [3.8, 4) is 0 Å².